The van der Waals surface area contributed by atoms with Crippen LogP contribution in [0.25, 0.3) is 6.08 Å². The Morgan fingerprint density at radius 1 is 1.27 bits per heavy atom. The van der Waals surface area contributed by atoms with Gasteiger partial charge in [-0.2, -0.15) is 5.10 Å². The molecule has 0 atom stereocenters. The number of benzene rings is 1. The number of rotatable bonds is 7. The second kappa shape index (κ2) is 11.7. The molecule has 1 aromatic carbocycles. The summed E-state index contributed by atoms with van der Waals surface area (Å²) in [6.07, 6.45) is 7.03. The van der Waals surface area contributed by atoms with Crippen molar-refractivity contribution in [1.82, 2.24) is 15.3 Å². The summed E-state index contributed by atoms with van der Waals surface area (Å²) in [6.45, 7) is 10.9. The molecule has 0 saturated heterocycles. The second-order valence-corrected chi connectivity index (χ2v) is 8.82. The molecule has 0 saturated carbocycles. The first kappa shape index (κ1) is 24.6. The number of pyridine rings is 1. The van der Waals surface area contributed by atoms with E-state index in [-0.39, 0.29) is 5.91 Å². The van der Waals surface area contributed by atoms with Gasteiger partial charge in [-0.1, -0.05) is 44.3 Å². The summed E-state index contributed by atoms with van der Waals surface area (Å²) < 4.78 is 6.01. The Kier molecular flexibility index (Phi) is 8.72. The highest BCUT2D eigenvalue weighted by Gasteiger charge is 2.16. The van der Waals surface area contributed by atoms with Crippen molar-refractivity contribution in [2.24, 2.45) is 5.10 Å². The molecule has 0 bridgehead atoms. The normalized spacial score (nSPS) is 13.9. The fourth-order valence-corrected chi connectivity index (χ4v) is 4.28. The molecule has 1 N–H and O–H groups in total. The molecule has 174 valence electrons. The zero-order chi connectivity index (χ0) is 23.8. The molecule has 1 aliphatic heterocycles. The van der Waals surface area contributed by atoms with Crippen molar-refractivity contribution in [3.8, 4) is 5.75 Å². The predicted octanol–water partition coefficient (Wildman–Crippen LogP) is 5.54. The molecule has 0 radical (unpaired) electrons. The van der Waals surface area contributed by atoms with Gasteiger partial charge in [0.2, 0.25) is 0 Å². The lowest BCUT2D eigenvalue weighted by molar-refractivity contribution is 0.0799. The summed E-state index contributed by atoms with van der Waals surface area (Å²) in [5.74, 6) is 0.717. The molecule has 1 aliphatic carbocycles. The first-order chi connectivity index (χ1) is 16.0. The summed E-state index contributed by atoms with van der Waals surface area (Å²) >= 11 is 1.51. The second-order valence-electron chi connectivity index (χ2n) is 7.66. The summed E-state index contributed by atoms with van der Waals surface area (Å²) in [7, 11) is 1.80. The number of thioether (sulfide) groups is 1. The molecule has 1 aromatic heterocycles. The van der Waals surface area contributed by atoms with Crippen molar-refractivity contribution < 1.29 is 9.53 Å². The van der Waals surface area contributed by atoms with E-state index in [1.807, 2.05) is 45.0 Å². The van der Waals surface area contributed by atoms with Crippen LogP contribution in [0.15, 0.2) is 53.1 Å². The summed E-state index contributed by atoms with van der Waals surface area (Å²) in [5.41, 5.74) is 7.95. The zero-order valence-electron chi connectivity index (χ0n) is 19.9. The van der Waals surface area contributed by atoms with Gasteiger partial charge >= 0.3 is 0 Å². The first-order valence-corrected chi connectivity index (χ1v) is 12.1. The van der Waals surface area contributed by atoms with Gasteiger partial charge in [-0.05, 0) is 50.1 Å². The minimum atomic E-state index is -0.0223. The number of carbonyl (C=O) groups excluding carboxylic acids is 1. The van der Waals surface area contributed by atoms with Crippen LogP contribution in [0.3, 0.4) is 0 Å². The molecule has 6 nitrogen and oxygen atoms in total. The van der Waals surface area contributed by atoms with Gasteiger partial charge in [0.25, 0.3) is 5.91 Å². The van der Waals surface area contributed by atoms with Crippen LogP contribution in [-0.2, 0) is 13.0 Å². The number of ether oxygens (including phenoxy) is 1. The number of aryl methyl sites for hydroxylation is 2. The molecule has 2 aromatic rings. The molecule has 2 heterocycles. The number of amides is 1. The SMILES string of the molecule is C=C1NN=C(CCN(C)C(=O)c2ccc(OCc3cc(C)nc4c3C=CCC4)cc2)S1.CC. The Balaban J connectivity index is 0.00000149. The van der Waals surface area contributed by atoms with Crippen molar-refractivity contribution in [1.29, 1.82) is 0 Å². The maximum Gasteiger partial charge on any atom is 0.253 e. The minimum absolute atomic E-state index is 0.0223. The van der Waals surface area contributed by atoms with E-state index >= 15 is 0 Å². The average molecular weight is 465 g/mol. The highest BCUT2D eigenvalue weighted by Crippen LogP contribution is 2.24. The van der Waals surface area contributed by atoms with Crippen molar-refractivity contribution in [3.63, 3.8) is 0 Å². The van der Waals surface area contributed by atoms with Crippen molar-refractivity contribution in [2.75, 3.05) is 13.6 Å². The lowest BCUT2D eigenvalue weighted by Crippen LogP contribution is -2.28. The van der Waals surface area contributed by atoms with Gasteiger partial charge in [0, 0.05) is 48.1 Å². The van der Waals surface area contributed by atoms with Gasteiger partial charge in [-0.3, -0.25) is 15.2 Å². The van der Waals surface area contributed by atoms with Crippen LogP contribution in [-0.4, -0.2) is 34.4 Å². The molecule has 1 amide bonds. The van der Waals surface area contributed by atoms with Gasteiger partial charge < -0.3 is 9.64 Å². The van der Waals surface area contributed by atoms with Crippen LogP contribution >= 0.6 is 11.8 Å². The highest BCUT2D eigenvalue weighted by atomic mass is 32.2. The summed E-state index contributed by atoms with van der Waals surface area (Å²) in [4.78, 5) is 19.1. The van der Waals surface area contributed by atoms with E-state index in [2.05, 4.69) is 40.3 Å². The van der Waals surface area contributed by atoms with E-state index in [4.69, 9.17) is 4.74 Å². The maximum absolute atomic E-state index is 12.7. The molecule has 0 fully saturated rings. The molecule has 7 heteroatoms. The maximum atomic E-state index is 12.7. The summed E-state index contributed by atoms with van der Waals surface area (Å²) in [5, 5.41) is 5.94. The van der Waals surface area contributed by atoms with E-state index in [0.29, 0.717) is 25.1 Å². The zero-order valence-corrected chi connectivity index (χ0v) is 20.7. The Bertz CT molecular complexity index is 1060. The van der Waals surface area contributed by atoms with Crippen LogP contribution < -0.4 is 10.2 Å². The fraction of sp³-hybridized carbons (Fsp3) is 0.346. The number of hydrogen-bond donors (Lipinski definition) is 1. The molecule has 0 spiro atoms. The van der Waals surface area contributed by atoms with Crippen LogP contribution in [0.5, 0.6) is 5.75 Å². The van der Waals surface area contributed by atoms with Gasteiger partial charge in [0.05, 0.1) is 5.03 Å². The highest BCUT2D eigenvalue weighted by molar-refractivity contribution is 8.17. The van der Waals surface area contributed by atoms with Gasteiger partial charge in [0.15, 0.2) is 0 Å². The number of allylic oxidation sites excluding steroid dienone is 1. The number of hydrogen-bond acceptors (Lipinski definition) is 6. The molecule has 0 unspecified atom stereocenters. The van der Waals surface area contributed by atoms with E-state index < -0.39 is 0 Å². The van der Waals surface area contributed by atoms with Crippen LogP contribution in [0.4, 0.5) is 0 Å². The van der Waals surface area contributed by atoms with Crippen molar-refractivity contribution in [3.05, 3.63) is 76.1 Å². The molecule has 4 rings (SSSR count). The number of nitrogens with zero attached hydrogens (tertiary/aromatic N) is 3. The number of aromatic nitrogens is 1. The van der Waals surface area contributed by atoms with Crippen molar-refractivity contribution in [2.45, 2.75) is 46.6 Å². The smallest absolute Gasteiger partial charge is 0.253 e. The van der Waals surface area contributed by atoms with Gasteiger partial charge in [-0.25, -0.2) is 0 Å². The third kappa shape index (κ3) is 6.48. The predicted molar refractivity (Wildman–Crippen MR) is 137 cm³/mol. The lowest BCUT2D eigenvalue weighted by atomic mass is 9.97. The first-order valence-electron chi connectivity index (χ1n) is 11.3. The quantitative estimate of drug-likeness (QED) is 0.583. The van der Waals surface area contributed by atoms with E-state index in [9.17, 15) is 4.79 Å². The van der Waals surface area contributed by atoms with E-state index in [0.717, 1.165) is 45.6 Å². The Labute approximate surface area is 200 Å². The topological polar surface area (TPSA) is 66.8 Å². The number of nitrogens with one attached hydrogen (secondary N) is 1. The molecular weight excluding hydrogens is 432 g/mol. The third-order valence-electron chi connectivity index (χ3n) is 5.23. The third-order valence-corrected chi connectivity index (χ3v) is 6.10. The monoisotopic (exact) mass is 464 g/mol. The largest absolute Gasteiger partial charge is 0.489 e. The van der Waals surface area contributed by atoms with Gasteiger partial charge in [-0.15, -0.1) is 0 Å². The molecular formula is C26H32N4O2S. The number of carbonyl (C=O) groups is 1. The number of hydrazone groups is 1. The van der Waals surface area contributed by atoms with Crippen LogP contribution in [0.2, 0.25) is 0 Å². The lowest BCUT2D eigenvalue weighted by Gasteiger charge is -2.17. The molecule has 2 aliphatic rings. The Morgan fingerprint density at radius 2 is 2.03 bits per heavy atom. The summed E-state index contributed by atoms with van der Waals surface area (Å²) in [6, 6.07) is 9.41. The Hall–Kier alpha value is -3.06. The number of fused-ring (bicyclic) bond motifs is 1. The van der Waals surface area contributed by atoms with Crippen LogP contribution in [0, 0.1) is 6.92 Å². The Morgan fingerprint density at radius 3 is 2.73 bits per heavy atom. The molecule has 33 heavy (non-hydrogen) atoms. The average Bonchev–Trinajstić information content (AvgIpc) is 3.27. The van der Waals surface area contributed by atoms with E-state index in [1.165, 1.54) is 17.3 Å². The van der Waals surface area contributed by atoms with Crippen molar-refractivity contribution >= 4 is 28.8 Å². The van der Waals surface area contributed by atoms with Gasteiger partial charge in [0.1, 0.15) is 17.4 Å². The standard InChI is InChI=1S/C24H26N4O2S.C2H6/c1-16-14-19(21-6-4-5-7-22(21)25-16)15-30-20-10-8-18(9-11-20)24(29)28(3)13-12-23-27-26-17(2)31-23;1-2/h4,6,8-11,14,26H,2,5,7,12-13,15H2,1,3H3;1-2H3. The minimum Gasteiger partial charge on any atom is -0.489 e. The van der Waals surface area contributed by atoms with E-state index in [1.54, 1.807) is 11.9 Å². The van der Waals surface area contributed by atoms with Crippen LogP contribution in [0.1, 0.15) is 59.6 Å². The fourth-order valence-electron chi connectivity index (χ4n) is 3.61.